The van der Waals surface area contributed by atoms with E-state index in [0.29, 0.717) is 5.11 Å². The van der Waals surface area contributed by atoms with E-state index in [2.05, 4.69) is 112 Å². The van der Waals surface area contributed by atoms with E-state index >= 15 is 0 Å². The van der Waals surface area contributed by atoms with Crippen LogP contribution in [0.4, 0.5) is 11.4 Å². The average Bonchev–Trinajstić information content (AvgIpc) is 3.62. The van der Waals surface area contributed by atoms with Crippen molar-refractivity contribution in [3.05, 3.63) is 120 Å². The second-order valence-corrected chi connectivity index (χ2v) is 11.9. The molecule has 4 heterocycles. The Hall–Kier alpha value is -3.87. The lowest BCUT2D eigenvalue weighted by molar-refractivity contribution is 0.438. The number of halogens is 1. The average molecular weight is 578 g/mol. The van der Waals surface area contributed by atoms with E-state index in [9.17, 15) is 0 Å². The zero-order valence-electron chi connectivity index (χ0n) is 23.0. The van der Waals surface area contributed by atoms with Crippen LogP contribution >= 0.6 is 23.8 Å². The highest BCUT2D eigenvalue weighted by molar-refractivity contribution is 7.80. The maximum absolute atomic E-state index is 6.98. The molecule has 0 unspecified atom stereocenters. The van der Waals surface area contributed by atoms with E-state index < -0.39 is 0 Å². The fourth-order valence-electron chi connectivity index (χ4n) is 6.28. The predicted octanol–water partition coefficient (Wildman–Crippen LogP) is 8.09. The zero-order chi connectivity index (χ0) is 27.9. The molecule has 1 N–H and O–H groups in total. The van der Waals surface area contributed by atoms with Crippen LogP contribution in [-0.4, -0.2) is 27.8 Å². The summed E-state index contributed by atoms with van der Waals surface area (Å²) in [5.41, 5.74) is 5.23. The van der Waals surface area contributed by atoms with Crippen LogP contribution in [0.5, 0.6) is 0 Å². The molecular formula is C34H32ClN5S. The van der Waals surface area contributed by atoms with Crippen LogP contribution in [-0.2, 0) is 0 Å². The first-order chi connectivity index (χ1) is 20.1. The number of piperidine rings is 1. The van der Waals surface area contributed by atoms with E-state index in [1.165, 1.54) is 23.6 Å². The number of benzene rings is 3. The van der Waals surface area contributed by atoms with E-state index in [-0.39, 0.29) is 12.1 Å². The third-order valence-corrected chi connectivity index (χ3v) is 9.14. The third-order valence-electron chi connectivity index (χ3n) is 8.53. The van der Waals surface area contributed by atoms with Crippen molar-refractivity contribution in [3.8, 4) is 5.69 Å². The van der Waals surface area contributed by atoms with Crippen molar-refractivity contribution in [1.82, 2.24) is 14.9 Å². The van der Waals surface area contributed by atoms with Gasteiger partial charge in [-0.2, -0.15) is 0 Å². The van der Waals surface area contributed by atoms with Crippen molar-refractivity contribution in [3.63, 3.8) is 0 Å². The summed E-state index contributed by atoms with van der Waals surface area (Å²) in [6.45, 7) is 4.40. The third kappa shape index (κ3) is 4.85. The number of pyridine rings is 1. The second-order valence-electron chi connectivity index (χ2n) is 11.1. The van der Waals surface area contributed by atoms with Gasteiger partial charge in [0.25, 0.3) is 0 Å². The SMILES string of the molecule is CC1CCN(c2ccc(N3C(=S)N[C@H](c4ccccn4)[C@H]3c3cccn3-c3ccc4ccccc4c3)cc2Cl)CC1. The van der Waals surface area contributed by atoms with Crippen molar-refractivity contribution in [2.24, 2.45) is 5.92 Å². The van der Waals surface area contributed by atoms with Gasteiger partial charge < -0.3 is 19.7 Å². The van der Waals surface area contributed by atoms with Gasteiger partial charge in [-0.1, -0.05) is 54.9 Å². The maximum Gasteiger partial charge on any atom is 0.174 e. The van der Waals surface area contributed by atoms with E-state index in [1.807, 2.05) is 18.3 Å². The monoisotopic (exact) mass is 577 g/mol. The fraction of sp³-hybridized carbons (Fsp3) is 0.235. The summed E-state index contributed by atoms with van der Waals surface area (Å²) in [5, 5.41) is 7.44. The van der Waals surface area contributed by atoms with Gasteiger partial charge in [-0.15, -0.1) is 0 Å². The number of fused-ring (bicyclic) bond motifs is 1. The van der Waals surface area contributed by atoms with Gasteiger partial charge in [0.2, 0.25) is 0 Å². The summed E-state index contributed by atoms with van der Waals surface area (Å²) < 4.78 is 2.26. The number of anilines is 2. The minimum atomic E-state index is -0.142. The molecule has 5 aromatic rings. The molecule has 0 aliphatic carbocycles. The molecule has 2 aliphatic heterocycles. The molecule has 3 aromatic carbocycles. The minimum Gasteiger partial charge on any atom is -0.370 e. The number of aromatic nitrogens is 2. The molecule has 0 bridgehead atoms. The Morgan fingerprint density at radius 1 is 0.854 bits per heavy atom. The van der Waals surface area contributed by atoms with Gasteiger partial charge >= 0.3 is 0 Å². The Kier molecular flexibility index (Phi) is 6.89. The molecule has 206 valence electrons. The van der Waals surface area contributed by atoms with E-state index in [1.54, 1.807) is 0 Å². The summed E-state index contributed by atoms with van der Waals surface area (Å²) >= 11 is 13.0. The largest absolute Gasteiger partial charge is 0.370 e. The first-order valence-corrected chi connectivity index (χ1v) is 15.1. The summed E-state index contributed by atoms with van der Waals surface area (Å²) in [7, 11) is 0. The highest BCUT2D eigenvalue weighted by Gasteiger charge is 2.42. The highest BCUT2D eigenvalue weighted by atomic mass is 35.5. The molecule has 7 rings (SSSR count). The van der Waals surface area contributed by atoms with Crippen LogP contribution in [0.1, 0.15) is 43.2 Å². The number of nitrogens with one attached hydrogen (secondary N) is 1. The number of rotatable bonds is 5. The lowest BCUT2D eigenvalue weighted by Gasteiger charge is -2.33. The Bertz CT molecular complexity index is 1710. The Labute approximate surface area is 251 Å². The molecule has 2 aliphatic rings. The normalized spacial score (nSPS) is 19.6. The first kappa shape index (κ1) is 26.1. The smallest absolute Gasteiger partial charge is 0.174 e. The molecule has 2 saturated heterocycles. The second kappa shape index (κ2) is 10.8. The van der Waals surface area contributed by atoms with Crippen molar-refractivity contribution in [1.29, 1.82) is 0 Å². The molecule has 41 heavy (non-hydrogen) atoms. The van der Waals surface area contributed by atoms with E-state index in [0.717, 1.165) is 52.5 Å². The number of hydrogen-bond acceptors (Lipinski definition) is 3. The van der Waals surface area contributed by atoms with Gasteiger partial charge in [0.15, 0.2) is 5.11 Å². The molecule has 0 spiro atoms. The molecule has 0 saturated carbocycles. The summed E-state index contributed by atoms with van der Waals surface area (Å²) in [5.74, 6) is 0.764. The lowest BCUT2D eigenvalue weighted by atomic mass is 9.98. The number of hydrogen-bond donors (Lipinski definition) is 1. The fourth-order valence-corrected chi connectivity index (χ4v) is 6.92. The van der Waals surface area contributed by atoms with Gasteiger partial charge in [-0.25, -0.2) is 0 Å². The molecular weight excluding hydrogens is 546 g/mol. The molecule has 2 fully saturated rings. The highest BCUT2D eigenvalue weighted by Crippen LogP contribution is 2.44. The molecule has 2 aromatic heterocycles. The van der Waals surface area contributed by atoms with Crippen molar-refractivity contribution >= 4 is 51.1 Å². The van der Waals surface area contributed by atoms with Gasteiger partial charge in [0.05, 0.1) is 22.4 Å². The Balaban J connectivity index is 1.31. The molecule has 2 atom stereocenters. The first-order valence-electron chi connectivity index (χ1n) is 14.3. The van der Waals surface area contributed by atoms with Gasteiger partial charge in [0.1, 0.15) is 6.04 Å². The minimum absolute atomic E-state index is 0.139. The Morgan fingerprint density at radius 2 is 1.63 bits per heavy atom. The summed E-state index contributed by atoms with van der Waals surface area (Å²) in [6, 6.07) is 31.5. The number of nitrogens with zero attached hydrogens (tertiary/aromatic N) is 4. The predicted molar refractivity (Wildman–Crippen MR) is 173 cm³/mol. The topological polar surface area (TPSA) is 36.3 Å². The van der Waals surface area contributed by atoms with Gasteiger partial charge in [-0.3, -0.25) is 4.98 Å². The molecule has 0 amide bonds. The van der Waals surface area contributed by atoms with Crippen LogP contribution in [0.15, 0.2) is 103 Å². The quantitative estimate of drug-likeness (QED) is 0.214. The van der Waals surface area contributed by atoms with Crippen molar-refractivity contribution in [2.45, 2.75) is 31.8 Å². The van der Waals surface area contributed by atoms with Gasteiger partial charge in [-0.05, 0) is 96.3 Å². The lowest BCUT2D eigenvalue weighted by Crippen LogP contribution is -2.33. The summed E-state index contributed by atoms with van der Waals surface area (Å²) in [4.78, 5) is 9.35. The maximum atomic E-state index is 6.98. The summed E-state index contributed by atoms with van der Waals surface area (Å²) in [6.07, 6.45) is 6.35. The van der Waals surface area contributed by atoms with Gasteiger partial charge in [0, 0.05) is 42.6 Å². The van der Waals surface area contributed by atoms with Crippen LogP contribution < -0.4 is 15.1 Å². The van der Waals surface area contributed by atoms with Crippen LogP contribution in [0, 0.1) is 5.92 Å². The van der Waals surface area contributed by atoms with Crippen LogP contribution in [0.3, 0.4) is 0 Å². The van der Waals surface area contributed by atoms with E-state index in [4.69, 9.17) is 28.8 Å². The zero-order valence-corrected chi connectivity index (χ0v) is 24.5. The molecule has 0 radical (unpaired) electrons. The van der Waals surface area contributed by atoms with Crippen LogP contribution in [0.25, 0.3) is 16.5 Å². The van der Waals surface area contributed by atoms with Crippen molar-refractivity contribution in [2.75, 3.05) is 22.9 Å². The standard InChI is InChI=1S/C34H32ClN5S/c1-23-15-19-38(20-16-23)30-14-13-27(22-28(30)35)40-33(32(37-34(40)41)29-9-4-5-17-36-29)31-10-6-18-39(31)26-12-11-24-7-2-3-8-25(24)21-26/h2-14,17-18,21-23,32-33H,15-16,19-20H2,1H3,(H,37,41)/t32-,33-/m1/s1. The number of thiocarbonyl (C=S) groups is 1. The molecule has 5 nitrogen and oxygen atoms in total. The molecule has 7 heteroatoms. The Morgan fingerprint density at radius 3 is 2.41 bits per heavy atom. The van der Waals surface area contributed by atoms with Crippen molar-refractivity contribution < 1.29 is 0 Å². The van der Waals surface area contributed by atoms with Crippen LogP contribution in [0.2, 0.25) is 5.02 Å².